The Morgan fingerprint density at radius 1 is 1.00 bits per heavy atom. The average Bonchev–Trinajstić information content (AvgIpc) is 3.13. The SMILES string of the molecule is Cc1nc2nc(N)nn2c(C)c1CC(=O)NC(C)C(c1ccccc1)c1ccccc1. The van der Waals surface area contributed by atoms with E-state index in [1.165, 1.54) is 0 Å². The number of nitrogens with zero attached hydrogens (tertiary/aromatic N) is 4. The van der Waals surface area contributed by atoms with E-state index >= 15 is 0 Å². The minimum Gasteiger partial charge on any atom is -0.366 e. The van der Waals surface area contributed by atoms with Gasteiger partial charge >= 0.3 is 0 Å². The molecule has 0 aliphatic carbocycles. The minimum absolute atomic E-state index is 0.0456. The van der Waals surface area contributed by atoms with E-state index in [9.17, 15) is 4.79 Å². The molecule has 0 aliphatic heterocycles. The summed E-state index contributed by atoms with van der Waals surface area (Å²) in [6.07, 6.45) is 0.209. The molecule has 7 heteroatoms. The molecular weight excluding hydrogens is 388 g/mol. The van der Waals surface area contributed by atoms with Gasteiger partial charge in [0, 0.05) is 28.9 Å². The number of aromatic nitrogens is 4. The van der Waals surface area contributed by atoms with E-state index in [-0.39, 0.29) is 30.2 Å². The van der Waals surface area contributed by atoms with E-state index in [1.54, 1.807) is 4.52 Å². The number of aryl methyl sites for hydroxylation is 2. The number of rotatable bonds is 6. The van der Waals surface area contributed by atoms with Crippen LogP contribution in [0.1, 0.15) is 40.9 Å². The number of carbonyl (C=O) groups is 1. The summed E-state index contributed by atoms with van der Waals surface area (Å²) in [6.45, 7) is 5.82. The standard InChI is InChI=1S/C24H26N6O/c1-15-20(17(3)30-24(27-15)28-23(25)29-30)14-21(31)26-16(2)22(18-10-6-4-7-11-18)19-12-8-5-9-13-19/h4-13,16,22H,14H2,1-3H3,(H2,25,29)(H,26,31). The lowest BCUT2D eigenvalue weighted by molar-refractivity contribution is -0.121. The van der Waals surface area contributed by atoms with Gasteiger partial charge in [0.25, 0.3) is 5.78 Å². The van der Waals surface area contributed by atoms with E-state index in [1.807, 2.05) is 57.2 Å². The molecule has 0 saturated heterocycles. The van der Waals surface area contributed by atoms with Gasteiger partial charge in [-0.05, 0) is 31.9 Å². The van der Waals surface area contributed by atoms with Crippen LogP contribution in [0.5, 0.6) is 0 Å². The van der Waals surface area contributed by atoms with Crippen LogP contribution >= 0.6 is 0 Å². The number of nitrogen functional groups attached to an aromatic ring is 1. The third-order valence-electron chi connectivity index (χ3n) is 5.61. The van der Waals surface area contributed by atoms with E-state index in [4.69, 9.17) is 5.73 Å². The molecule has 1 amide bonds. The van der Waals surface area contributed by atoms with Gasteiger partial charge in [0.1, 0.15) is 0 Å². The van der Waals surface area contributed by atoms with Gasteiger partial charge in [-0.1, -0.05) is 60.7 Å². The molecule has 0 radical (unpaired) electrons. The lowest BCUT2D eigenvalue weighted by Gasteiger charge is -2.26. The summed E-state index contributed by atoms with van der Waals surface area (Å²) in [6, 6.07) is 20.4. The van der Waals surface area contributed by atoms with Gasteiger partial charge in [-0.15, -0.1) is 5.10 Å². The van der Waals surface area contributed by atoms with Crippen molar-refractivity contribution >= 4 is 17.6 Å². The Balaban J connectivity index is 1.58. The zero-order chi connectivity index (χ0) is 22.0. The van der Waals surface area contributed by atoms with Gasteiger partial charge in [-0.25, -0.2) is 4.98 Å². The summed E-state index contributed by atoms with van der Waals surface area (Å²) in [7, 11) is 0. The predicted octanol–water partition coefficient (Wildman–Crippen LogP) is 3.20. The second-order valence-electron chi connectivity index (χ2n) is 7.77. The lowest BCUT2D eigenvalue weighted by atomic mass is 9.85. The van der Waals surface area contributed by atoms with Crippen molar-refractivity contribution in [1.82, 2.24) is 24.9 Å². The minimum atomic E-state index is -0.100. The highest BCUT2D eigenvalue weighted by atomic mass is 16.1. The summed E-state index contributed by atoms with van der Waals surface area (Å²) in [5.74, 6) is 0.589. The number of nitrogens with two attached hydrogens (primary N) is 1. The number of hydrogen-bond donors (Lipinski definition) is 2. The third kappa shape index (κ3) is 4.26. The Hall–Kier alpha value is -3.74. The highest BCUT2D eigenvalue weighted by Gasteiger charge is 2.24. The smallest absolute Gasteiger partial charge is 0.254 e. The maximum atomic E-state index is 13.0. The number of carbonyl (C=O) groups excluding carboxylic acids is 1. The van der Waals surface area contributed by atoms with Crippen molar-refractivity contribution in [3.05, 3.63) is 88.7 Å². The van der Waals surface area contributed by atoms with Gasteiger partial charge in [0.05, 0.1) is 6.42 Å². The Morgan fingerprint density at radius 2 is 1.58 bits per heavy atom. The Bertz CT molecular complexity index is 1160. The number of hydrogen-bond acceptors (Lipinski definition) is 5. The van der Waals surface area contributed by atoms with Crippen molar-refractivity contribution in [2.24, 2.45) is 0 Å². The molecule has 7 nitrogen and oxygen atoms in total. The highest BCUT2D eigenvalue weighted by molar-refractivity contribution is 5.79. The average molecular weight is 415 g/mol. The molecular formula is C24H26N6O. The maximum Gasteiger partial charge on any atom is 0.254 e. The fourth-order valence-corrected chi connectivity index (χ4v) is 4.12. The Labute approximate surface area is 181 Å². The first-order valence-electron chi connectivity index (χ1n) is 10.3. The molecule has 3 N–H and O–H groups in total. The molecule has 158 valence electrons. The van der Waals surface area contributed by atoms with Crippen LogP contribution in [0.3, 0.4) is 0 Å². The van der Waals surface area contributed by atoms with Crippen LogP contribution in [0.25, 0.3) is 5.78 Å². The second kappa shape index (κ2) is 8.55. The van der Waals surface area contributed by atoms with E-state index in [0.29, 0.717) is 5.78 Å². The van der Waals surface area contributed by atoms with Crippen molar-refractivity contribution in [2.75, 3.05) is 5.73 Å². The van der Waals surface area contributed by atoms with Crippen LogP contribution < -0.4 is 11.1 Å². The van der Waals surface area contributed by atoms with Crippen molar-refractivity contribution in [1.29, 1.82) is 0 Å². The van der Waals surface area contributed by atoms with Crippen molar-refractivity contribution in [3.8, 4) is 0 Å². The first kappa shape index (κ1) is 20.5. The molecule has 1 unspecified atom stereocenters. The zero-order valence-electron chi connectivity index (χ0n) is 17.9. The largest absolute Gasteiger partial charge is 0.366 e. The van der Waals surface area contributed by atoms with Gasteiger partial charge in [-0.2, -0.15) is 9.50 Å². The Kier molecular flexibility index (Phi) is 5.66. The van der Waals surface area contributed by atoms with Crippen LogP contribution in [0, 0.1) is 13.8 Å². The van der Waals surface area contributed by atoms with Crippen LogP contribution in [0.4, 0.5) is 5.95 Å². The summed E-state index contributed by atoms with van der Waals surface area (Å²) in [5.41, 5.74) is 10.4. The monoisotopic (exact) mass is 414 g/mol. The zero-order valence-corrected chi connectivity index (χ0v) is 17.9. The molecule has 0 spiro atoms. The first-order chi connectivity index (χ1) is 14.9. The summed E-state index contributed by atoms with van der Waals surface area (Å²) < 4.78 is 1.59. The fraction of sp³-hybridized carbons (Fsp3) is 0.250. The normalized spacial score (nSPS) is 12.3. The molecule has 2 aromatic carbocycles. The summed E-state index contributed by atoms with van der Waals surface area (Å²) in [4.78, 5) is 21.6. The number of anilines is 1. The molecule has 0 saturated carbocycles. The molecule has 2 aromatic heterocycles. The summed E-state index contributed by atoms with van der Waals surface area (Å²) >= 11 is 0. The topological polar surface area (TPSA) is 98.2 Å². The number of benzene rings is 2. The highest BCUT2D eigenvalue weighted by Crippen LogP contribution is 2.28. The molecule has 4 rings (SSSR count). The van der Waals surface area contributed by atoms with Gasteiger partial charge in [0.2, 0.25) is 11.9 Å². The molecule has 0 aliphatic rings. The fourth-order valence-electron chi connectivity index (χ4n) is 4.12. The lowest BCUT2D eigenvalue weighted by Crippen LogP contribution is -2.38. The van der Waals surface area contributed by atoms with E-state index in [0.717, 1.165) is 28.1 Å². The van der Waals surface area contributed by atoms with Crippen LogP contribution in [0.15, 0.2) is 60.7 Å². The number of nitrogens with one attached hydrogen (secondary N) is 1. The van der Waals surface area contributed by atoms with Crippen molar-refractivity contribution in [2.45, 2.75) is 39.2 Å². The van der Waals surface area contributed by atoms with Crippen LogP contribution in [-0.2, 0) is 11.2 Å². The maximum absolute atomic E-state index is 13.0. The Morgan fingerprint density at radius 3 is 2.16 bits per heavy atom. The van der Waals surface area contributed by atoms with Gasteiger partial charge < -0.3 is 11.1 Å². The first-order valence-corrected chi connectivity index (χ1v) is 10.3. The molecule has 1 atom stereocenters. The van der Waals surface area contributed by atoms with Crippen molar-refractivity contribution in [3.63, 3.8) is 0 Å². The second-order valence-corrected chi connectivity index (χ2v) is 7.77. The molecule has 0 bridgehead atoms. The quantitative estimate of drug-likeness (QED) is 0.505. The third-order valence-corrected chi connectivity index (χ3v) is 5.61. The van der Waals surface area contributed by atoms with Gasteiger partial charge in [-0.3, -0.25) is 4.79 Å². The van der Waals surface area contributed by atoms with Crippen LogP contribution in [-0.4, -0.2) is 31.5 Å². The number of fused-ring (bicyclic) bond motifs is 1. The predicted molar refractivity (Wildman–Crippen MR) is 121 cm³/mol. The molecule has 4 aromatic rings. The molecule has 2 heterocycles. The molecule has 0 fully saturated rings. The summed E-state index contributed by atoms with van der Waals surface area (Å²) in [5, 5.41) is 7.38. The van der Waals surface area contributed by atoms with Crippen molar-refractivity contribution < 1.29 is 4.79 Å². The van der Waals surface area contributed by atoms with Crippen LogP contribution in [0.2, 0.25) is 0 Å². The molecule has 31 heavy (non-hydrogen) atoms. The number of amides is 1. The van der Waals surface area contributed by atoms with E-state index in [2.05, 4.69) is 44.6 Å². The van der Waals surface area contributed by atoms with Gasteiger partial charge in [0.15, 0.2) is 0 Å². The van der Waals surface area contributed by atoms with E-state index < -0.39 is 0 Å².